The molecule has 0 saturated heterocycles. The Morgan fingerprint density at radius 2 is 1.92 bits per heavy atom. The van der Waals surface area contributed by atoms with Crippen molar-refractivity contribution in [1.82, 2.24) is 0 Å². The molecule has 0 bridgehead atoms. The molecule has 2 nitrogen and oxygen atoms in total. The average Bonchev–Trinajstić information content (AvgIpc) is 2.74. The minimum absolute atomic E-state index is 0.120. The van der Waals surface area contributed by atoms with Gasteiger partial charge in [0.05, 0.1) is 0 Å². The SMILES string of the molecule is O=C(OC1=CCCC1)C1=CCCC1. The normalized spacial score (nSPS) is 21.2. The van der Waals surface area contributed by atoms with Crippen molar-refractivity contribution in [2.75, 3.05) is 0 Å². The number of hydrogen-bond acceptors (Lipinski definition) is 2. The van der Waals surface area contributed by atoms with Crippen molar-refractivity contribution >= 4 is 5.97 Å². The van der Waals surface area contributed by atoms with Crippen LogP contribution in [0.2, 0.25) is 0 Å². The predicted molar refractivity (Wildman–Crippen MR) is 50.0 cm³/mol. The van der Waals surface area contributed by atoms with Crippen LogP contribution in [0.25, 0.3) is 0 Å². The van der Waals surface area contributed by atoms with Gasteiger partial charge in [-0.15, -0.1) is 0 Å². The summed E-state index contributed by atoms with van der Waals surface area (Å²) in [5, 5.41) is 0. The van der Waals surface area contributed by atoms with Crippen LogP contribution in [0.3, 0.4) is 0 Å². The monoisotopic (exact) mass is 178 g/mol. The van der Waals surface area contributed by atoms with Gasteiger partial charge in [0.15, 0.2) is 0 Å². The Morgan fingerprint density at radius 3 is 2.54 bits per heavy atom. The predicted octanol–water partition coefficient (Wildman–Crippen LogP) is 2.71. The molecule has 0 N–H and O–H groups in total. The molecule has 13 heavy (non-hydrogen) atoms. The number of hydrogen-bond donors (Lipinski definition) is 0. The average molecular weight is 178 g/mol. The van der Waals surface area contributed by atoms with Crippen molar-refractivity contribution in [3.8, 4) is 0 Å². The summed E-state index contributed by atoms with van der Waals surface area (Å²) in [6.45, 7) is 0. The summed E-state index contributed by atoms with van der Waals surface area (Å²) < 4.78 is 5.25. The van der Waals surface area contributed by atoms with E-state index < -0.39 is 0 Å². The summed E-state index contributed by atoms with van der Waals surface area (Å²) in [4.78, 5) is 11.5. The van der Waals surface area contributed by atoms with E-state index in [2.05, 4.69) is 0 Å². The first-order valence-electron chi connectivity index (χ1n) is 4.96. The highest BCUT2D eigenvalue weighted by Crippen LogP contribution is 2.23. The molecule has 2 aliphatic carbocycles. The zero-order chi connectivity index (χ0) is 9.10. The molecule has 0 aromatic carbocycles. The number of ether oxygens (including phenoxy) is 1. The maximum Gasteiger partial charge on any atom is 0.338 e. The lowest BCUT2D eigenvalue weighted by Gasteiger charge is -2.04. The van der Waals surface area contributed by atoms with E-state index in [-0.39, 0.29) is 5.97 Å². The van der Waals surface area contributed by atoms with Crippen molar-refractivity contribution in [2.45, 2.75) is 38.5 Å². The lowest BCUT2D eigenvalue weighted by molar-refractivity contribution is -0.135. The molecule has 0 aliphatic heterocycles. The summed E-state index contributed by atoms with van der Waals surface area (Å²) in [7, 11) is 0. The number of rotatable bonds is 2. The highest BCUT2D eigenvalue weighted by Gasteiger charge is 2.17. The first-order chi connectivity index (χ1) is 6.36. The number of esters is 1. The van der Waals surface area contributed by atoms with Gasteiger partial charge < -0.3 is 4.74 Å². The van der Waals surface area contributed by atoms with Gasteiger partial charge in [-0.25, -0.2) is 4.79 Å². The van der Waals surface area contributed by atoms with Crippen molar-refractivity contribution in [3.05, 3.63) is 23.5 Å². The maximum atomic E-state index is 11.5. The van der Waals surface area contributed by atoms with Crippen molar-refractivity contribution in [2.24, 2.45) is 0 Å². The lowest BCUT2D eigenvalue weighted by Crippen LogP contribution is -2.05. The van der Waals surface area contributed by atoms with Crippen LogP contribution >= 0.6 is 0 Å². The van der Waals surface area contributed by atoms with E-state index in [0.29, 0.717) is 0 Å². The molecule has 70 valence electrons. The molecule has 0 aromatic rings. The first kappa shape index (κ1) is 8.54. The zero-order valence-corrected chi connectivity index (χ0v) is 7.71. The van der Waals surface area contributed by atoms with E-state index in [9.17, 15) is 4.79 Å². The van der Waals surface area contributed by atoms with E-state index in [0.717, 1.165) is 49.9 Å². The minimum atomic E-state index is -0.120. The second kappa shape index (κ2) is 3.77. The molecular weight excluding hydrogens is 164 g/mol. The van der Waals surface area contributed by atoms with Gasteiger partial charge in [-0.3, -0.25) is 0 Å². The van der Waals surface area contributed by atoms with Crippen LogP contribution < -0.4 is 0 Å². The summed E-state index contributed by atoms with van der Waals surface area (Å²) in [6.07, 6.45) is 10.2. The molecule has 0 heterocycles. The zero-order valence-electron chi connectivity index (χ0n) is 7.71. The Kier molecular flexibility index (Phi) is 2.48. The molecule has 2 rings (SSSR count). The topological polar surface area (TPSA) is 26.3 Å². The molecule has 0 radical (unpaired) electrons. The van der Waals surface area contributed by atoms with Gasteiger partial charge in [0.2, 0.25) is 0 Å². The third-order valence-corrected chi connectivity index (χ3v) is 2.53. The molecule has 2 aliphatic rings. The van der Waals surface area contributed by atoms with Crippen LogP contribution in [0.1, 0.15) is 38.5 Å². The summed E-state index contributed by atoms with van der Waals surface area (Å²) in [5.41, 5.74) is 0.868. The van der Waals surface area contributed by atoms with Gasteiger partial charge in [-0.1, -0.05) is 6.08 Å². The number of carbonyl (C=O) groups excluding carboxylic acids is 1. The highest BCUT2D eigenvalue weighted by atomic mass is 16.5. The van der Waals surface area contributed by atoms with Crippen LogP contribution in [0.5, 0.6) is 0 Å². The van der Waals surface area contributed by atoms with Gasteiger partial charge in [-0.05, 0) is 38.2 Å². The van der Waals surface area contributed by atoms with E-state index in [4.69, 9.17) is 4.74 Å². The Labute approximate surface area is 78.3 Å². The maximum absolute atomic E-state index is 11.5. The van der Waals surface area contributed by atoms with Crippen LogP contribution in [-0.2, 0) is 9.53 Å². The molecule has 0 atom stereocenters. The molecule has 0 fully saturated rings. The Bertz CT molecular complexity index is 274. The fourth-order valence-corrected chi connectivity index (χ4v) is 1.77. The van der Waals surface area contributed by atoms with Gasteiger partial charge in [0.25, 0.3) is 0 Å². The standard InChI is InChI=1S/C11H14O2/c12-11(9-5-1-2-6-9)13-10-7-3-4-8-10/h5,7H,1-4,6,8H2. The minimum Gasteiger partial charge on any atom is -0.428 e. The fourth-order valence-electron chi connectivity index (χ4n) is 1.77. The van der Waals surface area contributed by atoms with Gasteiger partial charge in [0.1, 0.15) is 5.76 Å². The van der Waals surface area contributed by atoms with Crippen LogP contribution in [-0.4, -0.2) is 5.97 Å². The van der Waals surface area contributed by atoms with E-state index in [1.165, 1.54) is 0 Å². The largest absolute Gasteiger partial charge is 0.428 e. The van der Waals surface area contributed by atoms with E-state index >= 15 is 0 Å². The third-order valence-electron chi connectivity index (χ3n) is 2.53. The Hall–Kier alpha value is -1.05. The highest BCUT2D eigenvalue weighted by molar-refractivity contribution is 5.89. The summed E-state index contributed by atoms with van der Waals surface area (Å²) in [6, 6.07) is 0. The van der Waals surface area contributed by atoms with E-state index in [1.54, 1.807) is 0 Å². The number of carbonyl (C=O) groups is 1. The quantitative estimate of drug-likeness (QED) is 0.608. The molecular formula is C11H14O2. The first-order valence-corrected chi connectivity index (χ1v) is 4.96. The molecule has 0 amide bonds. The van der Waals surface area contributed by atoms with Crippen molar-refractivity contribution < 1.29 is 9.53 Å². The fraction of sp³-hybridized carbons (Fsp3) is 0.545. The van der Waals surface area contributed by atoms with Crippen molar-refractivity contribution in [1.29, 1.82) is 0 Å². The molecule has 0 unspecified atom stereocenters. The second-order valence-corrected chi connectivity index (χ2v) is 3.57. The van der Waals surface area contributed by atoms with Crippen LogP contribution in [0, 0.1) is 0 Å². The molecule has 0 aromatic heterocycles. The molecule has 0 spiro atoms. The molecule has 0 saturated carbocycles. The van der Waals surface area contributed by atoms with Crippen molar-refractivity contribution in [3.63, 3.8) is 0 Å². The lowest BCUT2D eigenvalue weighted by atomic mass is 10.2. The number of allylic oxidation sites excluding steroid dienone is 3. The Balaban J connectivity index is 1.90. The van der Waals surface area contributed by atoms with E-state index in [1.807, 2.05) is 12.2 Å². The molecule has 2 heteroatoms. The van der Waals surface area contributed by atoms with Gasteiger partial charge in [-0.2, -0.15) is 0 Å². The van der Waals surface area contributed by atoms with Crippen LogP contribution in [0.4, 0.5) is 0 Å². The van der Waals surface area contributed by atoms with Gasteiger partial charge >= 0.3 is 5.97 Å². The third kappa shape index (κ3) is 2.00. The van der Waals surface area contributed by atoms with Gasteiger partial charge in [0, 0.05) is 12.0 Å². The summed E-state index contributed by atoms with van der Waals surface area (Å²) in [5.74, 6) is 0.753. The summed E-state index contributed by atoms with van der Waals surface area (Å²) >= 11 is 0. The second-order valence-electron chi connectivity index (χ2n) is 3.57. The Morgan fingerprint density at radius 1 is 1.15 bits per heavy atom. The van der Waals surface area contributed by atoms with Crippen LogP contribution in [0.15, 0.2) is 23.5 Å². The smallest absolute Gasteiger partial charge is 0.338 e.